The number of fused-ring (bicyclic) bond motifs is 2. The molecule has 1 amide bonds. The quantitative estimate of drug-likeness (QED) is 0.159. The Kier molecular flexibility index (Phi) is 26.7. The molecule has 2 fully saturated rings. The second-order valence-corrected chi connectivity index (χ2v) is 18.8. The number of carbonyl (C=O) groups is 3. The molecule has 20 heteroatoms. The van der Waals surface area contributed by atoms with Crippen LogP contribution in [0.4, 0.5) is 0 Å². The first-order chi connectivity index (χ1) is 33.5. The Morgan fingerprint density at radius 3 is 1.90 bits per heavy atom. The van der Waals surface area contributed by atoms with E-state index in [9.17, 15) is 65.4 Å². The smallest absolute Gasteiger partial charge is 0.325 e. The van der Waals surface area contributed by atoms with Crippen LogP contribution in [0.25, 0.3) is 0 Å². The number of aliphatic hydroxyl groups is 10. The highest BCUT2D eigenvalue weighted by Crippen LogP contribution is 2.38. The van der Waals surface area contributed by atoms with Gasteiger partial charge in [0.25, 0.3) is 0 Å². The summed E-state index contributed by atoms with van der Waals surface area (Å²) in [5.74, 6) is -6.89. The number of cyclic esters (lactones) is 1. The van der Waals surface area contributed by atoms with Crippen molar-refractivity contribution >= 4 is 17.8 Å². The second kappa shape index (κ2) is 30.9. The van der Waals surface area contributed by atoms with E-state index in [4.69, 9.17) is 29.4 Å². The van der Waals surface area contributed by atoms with E-state index in [-0.39, 0.29) is 38.2 Å². The predicted molar refractivity (Wildman–Crippen MR) is 259 cm³/mol. The summed E-state index contributed by atoms with van der Waals surface area (Å²) in [5.41, 5.74) is 6.08. The van der Waals surface area contributed by atoms with Gasteiger partial charge < -0.3 is 85.8 Å². The molecule has 71 heavy (non-hydrogen) atoms. The van der Waals surface area contributed by atoms with Crippen molar-refractivity contribution in [3.8, 4) is 0 Å². The fourth-order valence-electron chi connectivity index (χ4n) is 8.48. The lowest BCUT2D eigenvalue weighted by molar-refractivity contribution is -0.307. The van der Waals surface area contributed by atoms with Gasteiger partial charge in [0.1, 0.15) is 18.8 Å². The van der Waals surface area contributed by atoms with Crippen LogP contribution in [0, 0.1) is 17.8 Å². The van der Waals surface area contributed by atoms with E-state index in [1.807, 2.05) is 19.1 Å². The molecule has 0 aromatic carbocycles. The highest BCUT2D eigenvalue weighted by molar-refractivity contribution is 5.84. The molecule has 2 saturated heterocycles. The van der Waals surface area contributed by atoms with Crippen molar-refractivity contribution in [2.75, 3.05) is 13.2 Å². The van der Waals surface area contributed by atoms with E-state index < -0.39 is 159 Å². The summed E-state index contributed by atoms with van der Waals surface area (Å²) in [6, 6.07) is -1.17. The van der Waals surface area contributed by atoms with Gasteiger partial charge in [0, 0.05) is 37.5 Å². The molecule has 3 rings (SSSR count). The molecular weight excluding hydrogens is 929 g/mol. The van der Waals surface area contributed by atoms with Crippen LogP contribution in [0.1, 0.15) is 86.0 Å². The van der Waals surface area contributed by atoms with Crippen LogP contribution in [0.2, 0.25) is 0 Å². The number of rotatable bonds is 6. The SMILES string of the molecule is CCOC(=O)CNC(=O)C1[C@@H]2CC(O[C@@H]3O[C@H](C)[C@@H](O)[C@H](N)[C@@H]3O)/C=C/C=C/C=C/C=C/C=C/C=C/C=C/[C@H](C)C(O)[C@@H](C)[C@H](C)OC(=O)CC(O)CC(O)CCC(O)C(O)C[C@H](O)CC(O)(C[C@@H]1O)O2. The summed E-state index contributed by atoms with van der Waals surface area (Å²) >= 11 is 0. The number of hydrogen-bond donors (Lipinski definition) is 12. The van der Waals surface area contributed by atoms with Gasteiger partial charge in [0.05, 0.1) is 92.1 Å². The van der Waals surface area contributed by atoms with E-state index in [1.54, 1.807) is 87.6 Å². The van der Waals surface area contributed by atoms with Crippen LogP contribution in [0.15, 0.2) is 85.1 Å². The second-order valence-electron chi connectivity index (χ2n) is 18.8. The minimum Gasteiger partial charge on any atom is -0.465 e. The van der Waals surface area contributed by atoms with E-state index >= 15 is 0 Å². The number of hydrogen-bond acceptors (Lipinski definition) is 19. The van der Waals surface area contributed by atoms with Gasteiger partial charge in [-0.1, -0.05) is 98.9 Å². The van der Waals surface area contributed by atoms with E-state index in [0.717, 1.165) is 0 Å². The van der Waals surface area contributed by atoms with Crippen molar-refractivity contribution in [3.63, 3.8) is 0 Å². The number of nitrogens with two attached hydrogens (primary N) is 1. The summed E-state index contributed by atoms with van der Waals surface area (Å²) in [4.78, 5) is 38.6. The molecule has 13 N–H and O–H groups in total. The molecule has 0 saturated carbocycles. The number of esters is 2. The van der Waals surface area contributed by atoms with E-state index in [0.29, 0.717) is 0 Å². The third kappa shape index (κ3) is 21.2. The summed E-state index contributed by atoms with van der Waals surface area (Å²) in [6.45, 7) is 7.81. The number of nitrogens with one attached hydrogen (secondary N) is 1. The van der Waals surface area contributed by atoms with Crippen molar-refractivity contribution < 1.29 is 89.1 Å². The average Bonchev–Trinajstić information content (AvgIpc) is 3.29. The zero-order chi connectivity index (χ0) is 52.8. The molecule has 0 spiro atoms. The van der Waals surface area contributed by atoms with E-state index in [1.165, 1.54) is 13.0 Å². The Labute approximate surface area is 416 Å². The minimum absolute atomic E-state index is 0.0413. The van der Waals surface area contributed by atoms with Gasteiger partial charge in [-0.2, -0.15) is 0 Å². The molecule has 3 aliphatic heterocycles. The molecule has 0 aromatic heterocycles. The van der Waals surface area contributed by atoms with Crippen molar-refractivity contribution in [2.45, 2.75) is 183 Å². The highest BCUT2D eigenvalue weighted by atomic mass is 16.7. The Morgan fingerprint density at radius 1 is 0.704 bits per heavy atom. The number of carbonyl (C=O) groups excluding carboxylic acids is 3. The molecular formula is C51H80N2O18. The van der Waals surface area contributed by atoms with Crippen molar-refractivity contribution in [3.05, 3.63) is 85.1 Å². The molecule has 0 aliphatic carbocycles. The molecule has 8 unspecified atom stereocenters. The third-order valence-electron chi connectivity index (χ3n) is 12.8. The minimum atomic E-state index is -2.35. The predicted octanol–water partition coefficient (Wildman–Crippen LogP) is 0.306. The van der Waals surface area contributed by atoms with Crippen LogP contribution in [0.5, 0.6) is 0 Å². The number of allylic oxidation sites excluding steroid dienone is 12. The molecule has 3 heterocycles. The van der Waals surface area contributed by atoms with Gasteiger partial charge in [-0.15, -0.1) is 0 Å². The number of ether oxygens (including phenoxy) is 5. The fraction of sp³-hybridized carbons (Fsp3) is 0.667. The summed E-state index contributed by atoms with van der Waals surface area (Å²) < 4.78 is 28.5. The van der Waals surface area contributed by atoms with Gasteiger partial charge in [-0.3, -0.25) is 14.4 Å². The van der Waals surface area contributed by atoms with Gasteiger partial charge >= 0.3 is 11.9 Å². The Hall–Kier alpha value is -3.97. The Balaban J connectivity index is 1.94. The highest BCUT2D eigenvalue weighted by Gasteiger charge is 2.51. The van der Waals surface area contributed by atoms with Gasteiger partial charge in [0.15, 0.2) is 12.1 Å². The van der Waals surface area contributed by atoms with Crippen LogP contribution in [-0.2, 0) is 38.1 Å². The molecule has 402 valence electrons. The van der Waals surface area contributed by atoms with Crippen LogP contribution in [-0.4, -0.2) is 180 Å². The zero-order valence-corrected chi connectivity index (χ0v) is 41.4. The summed E-state index contributed by atoms with van der Waals surface area (Å²) in [7, 11) is 0. The lowest BCUT2D eigenvalue weighted by atomic mass is 9.82. The first-order valence-electron chi connectivity index (χ1n) is 24.5. The van der Waals surface area contributed by atoms with Crippen LogP contribution in [0.3, 0.4) is 0 Å². The van der Waals surface area contributed by atoms with Crippen molar-refractivity contribution in [2.24, 2.45) is 23.5 Å². The lowest BCUT2D eigenvalue weighted by Gasteiger charge is -2.46. The maximum absolute atomic E-state index is 13.7. The lowest BCUT2D eigenvalue weighted by Crippen LogP contribution is -2.62. The molecule has 0 radical (unpaired) electrons. The van der Waals surface area contributed by atoms with Gasteiger partial charge in [-0.25, -0.2) is 0 Å². The first-order valence-corrected chi connectivity index (χ1v) is 24.5. The zero-order valence-electron chi connectivity index (χ0n) is 41.4. The first kappa shape index (κ1) is 61.3. The van der Waals surface area contributed by atoms with Crippen molar-refractivity contribution in [1.29, 1.82) is 0 Å². The van der Waals surface area contributed by atoms with Crippen LogP contribution >= 0.6 is 0 Å². The fourth-order valence-corrected chi connectivity index (χ4v) is 8.48. The molecule has 20 nitrogen and oxygen atoms in total. The number of aliphatic hydroxyl groups excluding tert-OH is 9. The van der Waals surface area contributed by atoms with Crippen molar-refractivity contribution in [1.82, 2.24) is 5.32 Å². The maximum Gasteiger partial charge on any atom is 0.325 e. The van der Waals surface area contributed by atoms with E-state index in [2.05, 4.69) is 5.32 Å². The Bertz CT molecular complexity index is 1840. The summed E-state index contributed by atoms with van der Waals surface area (Å²) in [5, 5.41) is 112. The molecule has 3 aliphatic rings. The summed E-state index contributed by atoms with van der Waals surface area (Å²) in [6.07, 6.45) is 3.35. The molecule has 0 aromatic rings. The van der Waals surface area contributed by atoms with Crippen LogP contribution < -0.4 is 11.1 Å². The normalized spacial score (nSPS) is 42.5. The standard InChI is InChI=1S/C51H80N2O18/c1-6-67-43(61)29-53-49(65)44-40(59)28-51(66)27-36(56)24-39(58)38(57)22-21-34(54)23-35(55)25-42(60)68-32(4)31(3)46(62)30(2)19-17-15-13-11-9-7-8-10-12-14-16-18-20-37(26-41(44)71-51)70-50-48(64)45(52)47(63)33(5)69-50/h7-20,30-41,44-48,50,54-59,62-64,66H,6,21-29,52H2,1-5H3,(H,53,65)/b8-7+,11-9+,12-10+,15-13+,16-14+,19-17+,20-18+/t30-,31-,32-,33+,34?,35?,36-,37?,38?,39?,40-,41-,44?,45-,46?,47+,48-,50-,51?/m0/s1. The average molecular weight is 1010 g/mol. The monoisotopic (exact) mass is 1010 g/mol. The number of amides is 1. The maximum atomic E-state index is 13.7. The third-order valence-corrected chi connectivity index (χ3v) is 12.8. The largest absolute Gasteiger partial charge is 0.465 e. The van der Waals surface area contributed by atoms with Gasteiger partial charge in [-0.05, 0) is 40.0 Å². The Morgan fingerprint density at radius 2 is 1.30 bits per heavy atom. The topological polar surface area (TPSA) is 338 Å². The molecule has 2 bridgehead atoms. The molecule has 19 atom stereocenters. The van der Waals surface area contributed by atoms with Gasteiger partial charge in [0.2, 0.25) is 5.91 Å².